The second-order valence-electron chi connectivity index (χ2n) is 3.56. The van der Waals surface area contributed by atoms with Gasteiger partial charge in [-0.05, 0) is 18.8 Å². The Kier molecular flexibility index (Phi) is 2.17. The highest BCUT2D eigenvalue weighted by atomic mass is 127. The molecule has 13 heavy (non-hydrogen) atoms. The van der Waals surface area contributed by atoms with E-state index in [1.807, 2.05) is 0 Å². The number of amides is 2. The normalized spacial score (nSPS) is 23.4. The van der Waals surface area contributed by atoms with Crippen LogP contribution in [0.1, 0.15) is 12.8 Å². The molecule has 1 aliphatic carbocycles. The second-order valence-corrected chi connectivity index (χ2v) is 4.44. The first kappa shape index (κ1) is 9.18. The molecule has 2 aliphatic rings. The van der Waals surface area contributed by atoms with Gasteiger partial charge in [-0.25, -0.2) is 0 Å². The van der Waals surface area contributed by atoms with Crippen molar-refractivity contribution in [2.24, 2.45) is 5.92 Å². The summed E-state index contributed by atoms with van der Waals surface area (Å²) in [7, 11) is 1.56. The van der Waals surface area contributed by atoms with Crippen LogP contribution in [0.15, 0.2) is 11.1 Å². The van der Waals surface area contributed by atoms with Crippen LogP contribution in [0.5, 0.6) is 0 Å². The number of halogens is 1. The number of likely N-dealkylation sites (N-methyl/N-ethyl adjacent to an activating group) is 1. The molecule has 4 heteroatoms. The monoisotopic (exact) mass is 291 g/mol. The summed E-state index contributed by atoms with van der Waals surface area (Å²) in [6.45, 7) is 0. The van der Waals surface area contributed by atoms with Gasteiger partial charge in [0.2, 0.25) is 0 Å². The minimum atomic E-state index is -0.0765. The molecular formula is C9H10INO2. The predicted octanol–water partition coefficient (Wildman–Crippen LogP) is 1.13. The topological polar surface area (TPSA) is 37.4 Å². The fourth-order valence-electron chi connectivity index (χ4n) is 1.93. The van der Waals surface area contributed by atoms with Crippen LogP contribution in [0.4, 0.5) is 0 Å². The molecule has 0 bridgehead atoms. The molecule has 0 saturated heterocycles. The molecule has 1 aliphatic heterocycles. The molecule has 0 aromatic carbocycles. The van der Waals surface area contributed by atoms with Gasteiger partial charge in [-0.3, -0.25) is 14.5 Å². The first-order valence-corrected chi connectivity index (χ1v) is 5.78. The molecule has 0 radical (unpaired) electrons. The van der Waals surface area contributed by atoms with E-state index in [9.17, 15) is 9.59 Å². The number of carbonyl (C=O) groups is 2. The van der Waals surface area contributed by atoms with Crippen molar-refractivity contribution in [3.05, 3.63) is 11.1 Å². The summed E-state index contributed by atoms with van der Waals surface area (Å²) >= 11 is 2.31. The highest BCUT2D eigenvalue weighted by Crippen LogP contribution is 2.38. The Labute approximate surface area is 90.3 Å². The Morgan fingerprint density at radius 1 is 1.31 bits per heavy atom. The maximum atomic E-state index is 11.5. The van der Waals surface area contributed by atoms with E-state index in [0.29, 0.717) is 5.92 Å². The molecule has 2 rings (SSSR count). The number of alkyl halides is 1. The first-order valence-electron chi connectivity index (χ1n) is 4.25. The lowest BCUT2D eigenvalue weighted by Gasteiger charge is -2.12. The summed E-state index contributed by atoms with van der Waals surface area (Å²) in [5.41, 5.74) is 1.54. The van der Waals surface area contributed by atoms with Crippen LogP contribution in [0, 0.1) is 5.92 Å². The van der Waals surface area contributed by atoms with Gasteiger partial charge in [0.05, 0.1) is 0 Å². The molecule has 0 aromatic heterocycles. The summed E-state index contributed by atoms with van der Waals surface area (Å²) in [5, 5.41) is 0. The van der Waals surface area contributed by atoms with Gasteiger partial charge in [-0.15, -0.1) is 0 Å². The van der Waals surface area contributed by atoms with Crippen molar-refractivity contribution in [3.63, 3.8) is 0 Å². The molecule has 0 spiro atoms. The van der Waals surface area contributed by atoms with Gasteiger partial charge in [0.25, 0.3) is 11.8 Å². The van der Waals surface area contributed by atoms with E-state index in [1.54, 1.807) is 7.05 Å². The molecule has 0 aromatic rings. The summed E-state index contributed by atoms with van der Waals surface area (Å²) in [6, 6.07) is 0. The van der Waals surface area contributed by atoms with Gasteiger partial charge in [0, 0.05) is 22.6 Å². The van der Waals surface area contributed by atoms with Gasteiger partial charge in [0.1, 0.15) is 0 Å². The average Bonchev–Trinajstić information content (AvgIpc) is 2.64. The summed E-state index contributed by atoms with van der Waals surface area (Å²) in [5.74, 6) is 0.354. The Balaban J connectivity index is 2.27. The Bertz CT molecular complexity index is 294. The van der Waals surface area contributed by atoms with Crippen LogP contribution < -0.4 is 0 Å². The van der Waals surface area contributed by atoms with E-state index < -0.39 is 0 Å². The third-order valence-corrected chi connectivity index (χ3v) is 3.94. The van der Waals surface area contributed by atoms with Crippen molar-refractivity contribution in [2.75, 3.05) is 11.5 Å². The molecule has 0 unspecified atom stereocenters. The third-order valence-electron chi connectivity index (χ3n) is 2.69. The van der Waals surface area contributed by atoms with Crippen molar-refractivity contribution in [2.45, 2.75) is 12.8 Å². The van der Waals surface area contributed by atoms with Crippen LogP contribution in [0.2, 0.25) is 0 Å². The van der Waals surface area contributed by atoms with Gasteiger partial charge >= 0.3 is 0 Å². The zero-order chi connectivity index (χ0) is 9.59. The van der Waals surface area contributed by atoms with Crippen LogP contribution in [0.25, 0.3) is 0 Å². The van der Waals surface area contributed by atoms with E-state index in [0.717, 1.165) is 28.4 Å². The number of imide groups is 1. The van der Waals surface area contributed by atoms with E-state index in [1.165, 1.54) is 4.90 Å². The van der Waals surface area contributed by atoms with Crippen molar-refractivity contribution >= 4 is 34.4 Å². The standard InChI is InChI=1S/C9H10INO2/c1-11-8(12)6-2-5(4-10)3-7(6)9(11)13/h5H,2-4H2,1H3. The highest BCUT2D eigenvalue weighted by molar-refractivity contribution is 14.1. The van der Waals surface area contributed by atoms with E-state index >= 15 is 0 Å². The zero-order valence-electron chi connectivity index (χ0n) is 7.34. The second kappa shape index (κ2) is 3.08. The van der Waals surface area contributed by atoms with Gasteiger partial charge in [-0.1, -0.05) is 22.6 Å². The minimum absolute atomic E-state index is 0.0765. The molecule has 3 nitrogen and oxygen atoms in total. The smallest absolute Gasteiger partial charge is 0.256 e. The molecule has 0 N–H and O–H groups in total. The van der Waals surface area contributed by atoms with Gasteiger partial charge < -0.3 is 0 Å². The Morgan fingerprint density at radius 3 is 2.15 bits per heavy atom. The van der Waals surface area contributed by atoms with Crippen LogP contribution in [-0.2, 0) is 9.59 Å². The van der Waals surface area contributed by atoms with Crippen molar-refractivity contribution in [3.8, 4) is 0 Å². The molecule has 2 amide bonds. The lowest BCUT2D eigenvalue weighted by Crippen LogP contribution is -2.28. The molecule has 0 fully saturated rings. The molecular weight excluding hydrogens is 281 g/mol. The molecule has 0 saturated carbocycles. The zero-order valence-corrected chi connectivity index (χ0v) is 9.50. The van der Waals surface area contributed by atoms with Crippen LogP contribution in [0.3, 0.4) is 0 Å². The van der Waals surface area contributed by atoms with E-state index in [-0.39, 0.29) is 11.8 Å². The summed E-state index contributed by atoms with van der Waals surface area (Å²) in [6.07, 6.45) is 1.60. The first-order chi connectivity index (χ1) is 6.15. The minimum Gasteiger partial charge on any atom is -0.278 e. The lowest BCUT2D eigenvalue weighted by atomic mass is 10.1. The number of nitrogens with zero attached hydrogens (tertiary/aromatic N) is 1. The van der Waals surface area contributed by atoms with E-state index in [4.69, 9.17) is 0 Å². The SMILES string of the molecule is CN1C(=O)C2=C(CC(CI)C2)C1=O. The van der Waals surface area contributed by atoms with Crippen molar-refractivity contribution in [1.29, 1.82) is 0 Å². The van der Waals surface area contributed by atoms with Gasteiger partial charge in [0.15, 0.2) is 0 Å². The molecule has 0 atom stereocenters. The maximum absolute atomic E-state index is 11.5. The fourth-order valence-corrected chi connectivity index (χ4v) is 2.56. The summed E-state index contributed by atoms with van der Waals surface area (Å²) < 4.78 is 1.02. The Morgan fingerprint density at radius 2 is 1.77 bits per heavy atom. The van der Waals surface area contributed by atoms with E-state index in [2.05, 4.69) is 22.6 Å². The maximum Gasteiger partial charge on any atom is 0.256 e. The quantitative estimate of drug-likeness (QED) is 0.412. The lowest BCUT2D eigenvalue weighted by molar-refractivity contribution is -0.136. The number of hydrogen-bond donors (Lipinski definition) is 0. The van der Waals surface area contributed by atoms with Crippen molar-refractivity contribution < 1.29 is 9.59 Å². The van der Waals surface area contributed by atoms with Crippen LogP contribution in [-0.4, -0.2) is 28.2 Å². The molecule has 1 heterocycles. The van der Waals surface area contributed by atoms with Crippen LogP contribution >= 0.6 is 22.6 Å². The number of likely N-dealkylation sites (tertiary alicyclic amines) is 1. The number of carbonyl (C=O) groups excluding carboxylic acids is 2. The summed E-state index contributed by atoms with van der Waals surface area (Å²) in [4.78, 5) is 24.2. The predicted molar refractivity (Wildman–Crippen MR) is 56.4 cm³/mol. The Hall–Kier alpha value is -0.390. The largest absolute Gasteiger partial charge is 0.278 e. The third kappa shape index (κ3) is 1.22. The highest BCUT2D eigenvalue weighted by Gasteiger charge is 2.41. The van der Waals surface area contributed by atoms with Gasteiger partial charge in [-0.2, -0.15) is 0 Å². The number of rotatable bonds is 1. The molecule has 70 valence electrons. The fraction of sp³-hybridized carbons (Fsp3) is 0.556. The number of hydrogen-bond acceptors (Lipinski definition) is 2. The average molecular weight is 291 g/mol. The van der Waals surface area contributed by atoms with Crippen molar-refractivity contribution in [1.82, 2.24) is 4.90 Å².